The molecule has 0 aromatic heterocycles. The van der Waals surface area contributed by atoms with E-state index in [-0.39, 0.29) is 40.7 Å². The molecule has 2 heterocycles. The number of ether oxygens (including phenoxy) is 1. The van der Waals surface area contributed by atoms with Crippen molar-refractivity contribution in [2.24, 2.45) is 0 Å². The predicted molar refractivity (Wildman–Crippen MR) is 114 cm³/mol. The lowest BCUT2D eigenvalue weighted by molar-refractivity contribution is -0.384. The van der Waals surface area contributed by atoms with Crippen LogP contribution in [0.5, 0.6) is 0 Å². The SMILES string of the molecule is CC1S[C@@H]2C(NCCC(=O)CBr)C(=O)N2C=C1C(=O)OCc1ccc([N+](=O)[O-])cc1. The van der Waals surface area contributed by atoms with E-state index >= 15 is 0 Å². The van der Waals surface area contributed by atoms with Gasteiger partial charge in [0.05, 0.1) is 15.8 Å². The van der Waals surface area contributed by atoms with Crippen LogP contribution in [0.15, 0.2) is 36.0 Å². The third-order valence-electron chi connectivity index (χ3n) is 4.81. The van der Waals surface area contributed by atoms with Gasteiger partial charge in [-0.15, -0.1) is 11.8 Å². The number of carbonyl (C=O) groups is 3. The minimum absolute atomic E-state index is 0.0191. The number of esters is 1. The van der Waals surface area contributed by atoms with E-state index in [9.17, 15) is 24.5 Å². The number of alkyl halides is 1. The number of Topliss-reactive ketones (excluding diaryl/α,β-unsaturated/α-hetero) is 1. The lowest BCUT2D eigenvalue weighted by Gasteiger charge is -2.48. The molecule has 1 saturated heterocycles. The van der Waals surface area contributed by atoms with Gasteiger partial charge >= 0.3 is 5.97 Å². The summed E-state index contributed by atoms with van der Waals surface area (Å²) in [6.07, 6.45) is 1.88. The van der Waals surface area contributed by atoms with Crippen LogP contribution in [0.25, 0.3) is 0 Å². The Morgan fingerprint density at radius 1 is 1.33 bits per heavy atom. The topological polar surface area (TPSA) is 119 Å². The van der Waals surface area contributed by atoms with Crippen molar-refractivity contribution < 1.29 is 24.0 Å². The van der Waals surface area contributed by atoms with Crippen LogP contribution in [0.1, 0.15) is 18.9 Å². The van der Waals surface area contributed by atoms with Crippen molar-refractivity contribution in [2.45, 2.75) is 36.6 Å². The van der Waals surface area contributed by atoms with Crippen molar-refractivity contribution in [1.29, 1.82) is 0 Å². The molecule has 0 aliphatic carbocycles. The number of nitrogens with zero attached hydrogens (tertiary/aromatic N) is 2. The smallest absolute Gasteiger partial charge is 0.336 e. The average Bonchev–Trinajstić information content (AvgIpc) is 2.74. The van der Waals surface area contributed by atoms with Crippen molar-refractivity contribution in [1.82, 2.24) is 10.2 Å². The number of nitro groups is 1. The zero-order valence-electron chi connectivity index (χ0n) is 16.1. The maximum Gasteiger partial charge on any atom is 0.336 e. The molecule has 2 aliphatic heterocycles. The lowest BCUT2D eigenvalue weighted by Crippen LogP contribution is -2.68. The highest BCUT2D eigenvalue weighted by molar-refractivity contribution is 9.09. The summed E-state index contributed by atoms with van der Waals surface area (Å²) in [5.41, 5.74) is 0.984. The van der Waals surface area contributed by atoms with E-state index in [0.29, 0.717) is 29.4 Å². The molecule has 3 rings (SSSR count). The van der Waals surface area contributed by atoms with Gasteiger partial charge in [-0.25, -0.2) is 4.79 Å². The molecular weight excluding hydrogens is 478 g/mol. The predicted octanol–water partition coefficient (Wildman–Crippen LogP) is 2.14. The fourth-order valence-corrected chi connectivity index (χ4v) is 4.76. The number of nitrogens with one attached hydrogen (secondary N) is 1. The lowest BCUT2D eigenvalue weighted by atomic mass is 10.1. The molecule has 0 spiro atoms. The molecule has 3 atom stereocenters. The van der Waals surface area contributed by atoms with Crippen LogP contribution in [0.4, 0.5) is 5.69 Å². The second kappa shape index (κ2) is 9.71. The van der Waals surface area contributed by atoms with E-state index < -0.39 is 10.9 Å². The molecule has 1 aromatic rings. The third-order valence-corrected chi connectivity index (χ3v) is 6.88. The van der Waals surface area contributed by atoms with Gasteiger partial charge < -0.3 is 15.0 Å². The normalized spacial score (nSPS) is 22.6. The number of benzene rings is 1. The number of rotatable bonds is 9. The van der Waals surface area contributed by atoms with Crippen LogP contribution >= 0.6 is 27.7 Å². The molecule has 160 valence electrons. The molecule has 0 saturated carbocycles. The Hall–Kier alpha value is -2.24. The van der Waals surface area contributed by atoms with E-state index in [1.807, 2.05) is 6.92 Å². The Morgan fingerprint density at radius 3 is 2.67 bits per heavy atom. The van der Waals surface area contributed by atoms with Crippen molar-refractivity contribution in [2.75, 3.05) is 11.9 Å². The fourth-order valence-electron chi connectivity index (χ4n) is 3.09. The number of thioether (sulfide) groups is 1. The van der Waals surface area contributed by atoms with E-state index in [1.165, 1.54) is 47.1 Å². The van der Waals surface area contributed by atoms with Gasteiger partial charge in [-0.2, -0.15) is 0 Å². The highest BCUT2D eigenvalue weighted by Gasteiger charge is 2.50. The molecule has 9 nitrogen and oxygen atoms in total. The van der Waals surface area contributed by atoms with E-state index in [2.05, 4.69) is 21.2 Å². The zero-order valence-corrected chi connectivity index (χ0v) is 18.5. The standard InChI is InChI=1S/C19H20BrN3O6S/c1-11-15(19(26)29-10-12-2-4-13(5-3-12)23(27)28)9-22-17(25)16(18(22)30-11)21-7-6-14(24)8-20/h2-5,9,11,16,18,21H,6-8,10H2,1H3/t11?,16?,18-/m1/s1. The number of amides is 1. The Bertz CT molecular complexity index is 891. The number of ketones is 1. The van der Waals surface area contributed by atoms with Crippen LogP contribution in [0.2, 0.25) is 0 Å². The van der Waals surface area contributed by atoms with Gasteiger partial charge in [-0.3, -0.25) is 19.7 Å². The summed E-state index contributed by atoms with van der Waals surface area (Å²) < 4.78 is 5.33. The molecule has 11 heteroatoms. The van der Waals surface area contributed by atoms with Gasteiger partial charge in [-0.05, 0) is 24.6 Å². The maximum atomic E-state index is 12.5. The number of nitro benzene ring substituents is 1. The number of carbonyl (C=O) groups excluding carboxylic acids is 3. The molecular formula is C19H20BrN3O6S. The number of β-lactam (4-membered cyclic amide) rings is 1. The number of hydrogen-bond acceptors (Lipinski definition) is 8. The second-order valence-corrected chi connectivity index (χ2v) is 8.88. The first kappa shape index (κ1) is 22.4. The number of fused-ring (bicyclic) bond motifs is 1. The van der Waals surface area contributed by atoms with Gasteiger partial charge in [0, 0.05) is 36.5 Å². The van der Waals surface area contributed by atoms with Gasteiger partial charge in [0.15, 0.2) is 0 Å². The molecule has 1 N–H and O–H groups in total. The zero-order chi connectivity index (χ0) is 21.8. The first-order chi connectivity index (χ1) is 14.3. The van der Waals surface area contributed by atoms with Crippen molar-refractivity contribution >= 4 is 51.0 Å². The van der Waals surface area contributed by atoms with E-state index in [4.69, 9.17) is 4.74 Å². The summed E-state index contributed by atoms with van der Waals surface area (Å²) in [7, 11) is 0. The maximum absolute atomic E-state index is 12.5. The summed E-state index contributed by atoms with van der Waals surface area (Å²) in [4.78, 5) is 48.0. The average molecular weight is 498 g/mol. The highest BCUT2D eigenvalue weighted by Crippen LogP contribution is 2.40. The molecule has 0 bridgehead atoms. The first-order valence-electron chi connectivity index (χ1n) is 9.22. The summed E-state index contributed by atoms with van der Waals surface area (Å²) in [6.45, 7) is 2.28. The first-order valence-corrected chi connectivity index (χ1v) is 11.3. The molecule has 0 radical (unpaired) electrons. The highest BCUT2D eigenvalue weighted by atomic mass is 79.9. The fraction of sp³-hybridized carbons (Fsp3) is 0.421. The Balaban J connectivity index is 1.55. The Kier molecular flexibility index (Phi) is 7.27. The van der Waals surface area contributed by atoms with Gasteiger partial charge in [-0.1, -0.05) is 15.9 Å². The van der Waals surface area contributed by atoms with Crippen LogP contribution in [-0.4, -0.2) is 56.0 Å². The van der Waals surface area contributed by atoms with Crippen LogP contribution in [0.3, 0.4) is 0 Å². The van der Waals surface area contributed by atoms with Crippen LogP contribution in [0, 0.1) is 10.1 Å². The molecule has 1 fully saturated rings. The minimum Gasteiger partial charge on any atom is -0.457 e. The van der Waals surface area contributed by atoms with Crippen molar-refractivity contribution in [3.8, 4) is 0 Å². The Labute approximate surface area is 185 Å². The van der Waals surface area contributed by atoms with Gasteiger partial charge in [0.25, 0.3) is 5.69 Å². The molecule has 1 aromatic carbocycles. The summed E-state index contributed by atoms with van der Waals surface area (Å²) in [6, 6.07) is 5.39. The number of hydrogen-bond donors (Lipinski definition) is 1. The summed E-state index contributed by atoms with van der Waals surface area (Å²) >= 11 is 4.59. The molecule has 1 amide bonds. The minimum atomic E-state index is -0.529. The van der Waals surface area contributed by atoms with Crippen LogP contribution < -0.4 is 5.32 Å². The van der Waals surface area contributed by atoms with Crippen LogP contribution in [-0.2, 0) is 25.7 Å². The molecule has 2 unspecified atom stereocenters. The number of non-ortho nitro benzene ring substituents is 1. The second-order valence-electron chi connectivity index (χ2n) is 6.85. The van der Waals surface area contributed by atoms with Crippen molar-refractivity contribution in [3.05, 3.63) is 51.7 Å². The summed E-state index contributed by atoms with van der Waals surface area (Å²) in [5.74, 6) is -0.612. The monoisotopic (exact) mass is 497 g/mol. The van der Waals surface area contributed by atoms with Gasteiger partial charge in [0.1, 0.15) is 23.8 Å². The third kappa shape index (κ3) is 4.90. The Morgan fingerprint density at radius 2 is 2.03 bits per heavy atom. The molecule has 2 aliphatic rings. The number of halogens is 1. The molecule has 30 heavy (non-hydrogen) atoms. The summed E-state index contributed by atoms with van der Waals surface area (Å²) in [5, 5.41) is 13.8. The van der Waals surface area contributed by atoms with E-state index in [1.54, 1.807) is 0 Å². The quantitative estimate of drug-likeness (QED) is 0.181. The van der Waals surface area contributed by atoms with Gasteiger partial charge in [0.2, 0.25) is 5.91 Å². The largest absolute Gasteiger partial charge is 0.457 e. The van der Waals surface area contributed by atoms with Crippen molar-refractivity contribution in [3.63, 3.8) is 0 Å². The van der Waals surface area contributed by atoms with E-state index in [0.717, 1.165) is 0 Å².